The van der Waals surface area contributed by atoms with E-state index in [1.807, 2.05) is 30.9 Å². The number of likely N-dealkylation sites (tertiary alicyclic amines) is 1. The number of carbonyl (C=O) groups is 1. The molecule has 1 heterocycles. The van der Waals surface area contributed by atoms with Crippen LogP contribution >= 0.6 is 0 Å². The average molecular weight is 408 g/mol. The molecule has 0 bridgehead atoms. The Hall–Kier alpha value is -2.33. The third-order valence-electron chi connectivity index (χ3n) is 6.23. The molecule has 1 fully saturated rings. The van der Waals surface area contributed by atoms with Crippen LogP contribution in [0.2, 0.25) is 0 Å². The Balaban J connectivity index is 1.79. The Labute approximate surface area is 182 Å². The lowest BCUT2D eigenvalue weighted by molar-refractivity contribution is 0.0773. The van der Waals surface area contributed by atoms with Gasteiger partial charge in [0.25, 0.3) is 5.91 Å². The van der Waals surface area contributed by atoms with Crippen LogP contribution in [0.3, 0.4) is 0 Å². The molecule has 1 aliphatic heterocycles. The predicted octanol–water partition coefficient (Wildman–Crippen LogP) is 5.05. The van der Waals surface area contributed by atoms with Gasteiger partial charge in [0.2, 0.25) is 0 Å². The van der Waals surface area contributed by atoms with Gasteiger partial charge in [-0.2, -0.15) is 0 Å². The van der Waals surface area contributed by atoms with Crippen LogP contribution in [0.4, 0.5) is 5.69 Å². The SMILES string of the molecule is CCCN1CCC(N(Cc2ccccc2)c2ccc(C(=O)N(CC)CC)cc2)CC1. The minimum atomic E-state index is 0.119. The highest BCUT2D eigenvalue weighted by Gasteiger charge is 2.25. The first-order valence-electron chi connectivity index (χ1n) is 11.6. The van der Waals surface area contributed by atoms with Crippen molar-refractivity contribution >= 4 is 11.6 Å². The molecule has 0 atom stereocenters. The third kappa shape index (κ3) is 5.63. The number of amides is 1. The van der Waals surface area contributed by atoms with Crippen molar-refractivity contribution in [1.29, 1.82) is 0 Å². The van der Waals surface area contributed by atoms with Crippen LogP contribution in [0, 0.1) is 0 Å². The van der Waals surface area contributed by atoms with Crippen molar-refractivity contribution in [3.63, 3.8) is 0 Å². The summed E-state index contributed by atoms with van der Waals surface area (Å²) in [5, 5.41) is 0. The quantitative estimate of drug-likeness (QED) is 0.582. The molecule has 1 saturated heterocycles. The average Bonchev–Trinajstić information content (AvgIpc) is 2.80. The normalized spacial score (nSPS) is 15.2. The third-order valence-corrected chi connectivity index (χ3v) is 6.23. The summed E-state index contributed by atoms with van der Waals surface area (Å²) in [7, 11) is 0. The van der Waals surface area contributed by atoms with Gasteiger partial charge in [0.1, 0.15) is 0 Å². The van der Waals surface area contributed by atoms with E-state index in [1.165, 1.54) is 50.1 Å². The van der Waals surface area contributed by atoms with Gasteiger partial charge < -0.3 is 14.7 Å². The van der Waals surface area contributed by atoms with E-state index in [0.29, 0.717) is 6.04 Å². The van der Waals surface area contributed by atoms with Gasteiger partial charge in [-0.15, -0.1) is 0 Å². The maximum atomic E-state index is 12.7. The van der Waals surface area contributed by atoms with E-state index in [2.05, 4.69) is 59.2 Å². The Morgan fingerprint density at radius 2 is 1.57 bits per heavy atom. The largest absolute Gasteiger partial charge is 0.364 e. The van der Waals surface area contributed by atoms with Crippen LogP contribution in [-0.2, 0) is 6.54 Å². The van der Waals surface area contributed by atoms with Crippen LogP contribution in [0.25, 0.3) is 0 Å². The Bertz CT molecular complexity index is 763. The van der Waals surface area contributed by atoms with Crippen molar-refractivity contribution in [2.45, 2.75) is 52.6 Å². The van der Waals surface area contributed by atoms with Gasteiger partial charge in [-0.1, -0.05) is 37.3 Å². The van der Waals surface area contributed by atoms with E-state index in [9.17, 15) is 4.79 Å². The highest BCUT2D eigenvalue weighted by molar-refractivity contribution is 5.94. The molecule has 0 aliphatic carbocycles. The van der Waals surface area contributed by atoms with Gasteiger partial charge in [-0.3, -0.25) is 4.79 Å². The van der Waals surface area contributed by atoms with Crippen molar-refractivity contribution in [1.82, 2.24) is 9.80 Å². The van der Waals surface area contributed by atoms with Gasteiger partial charge in [0.05, 0.1) is 0 Å². The van der Waals surface area contributed by atoms with Crippen molar-refractivity contribution in [3.05, 3.63) is 65.7 Å². The zero-order chi connectivity index (χ0) is 21.3. The fourth-order valence-electron chi connectivity index (χ4n) is 4.47. The van der Waals surface area contributed by atoms with Crippen molar-refractivity contribution < 1.29 is 4.79 Å². The maximum absolute atomic E-state index is 12.7. The minimum absolute atomic E-state index is 0.119. The first-order chi connectivity index (χ1) is 14.7. The van der Waals surface area contributed by atoms with Crippen molar-refractivity contribution in [2.24, 2.45) is 0 Å². The van der Waals surface area contributed by atoms with Crippen molar-refractivity contribution in [3.8, 4) is 0 Å². The zero-order valence-corrected chi connectivity index (χ0v) is 18.9. The number of anilines is 1. The van der Waals surface area contributed by atoms with Gasteiger partial charge >= 0.3 is 0 Å². The lowest BCUT2D eigenvalue weighted by Crippen LogP contribution is -2.45. The van der Waals surface area contributed by atoms with Crippen LogP contribution in [-0.4, -0.2) is 54.5 Å². The summed E-state index contributed by atoms with van der Waals surface area (Å²) in [6.45, 7) is 12.3. The fraction of sp³-hybridized carbons (Fsp3) is 0.500. The van der Waals surface area contributed by atoms with Crippen LogP contribution in [0.1, 0.15) is 56.0 Å². The topological polar surface area (TPSA) is 26.8 Å². The molecule has 0 spiro atoms. The second-order valence-electron chi connectivity index (χ2n) is 8.21. The predicted molar refractivity (Wildman–Crippen MR) is 126 cm³/mol. The monoisotopic (exact) mass is 407 g/mol. The number of piperidine rings is 1. The minimum Gasteiger partial charge on any atom is -0.364 e. The molecule has 0 radical (unpaired) electrons. The first-order valence-corrected chi connectivity index (χ1v) is 11.6. The molecule has 0 saturated carbocycles. The Morgan fingerprint density at radius 1 is 0.933 bits per heavy atom. The summed E-state index contributed by atoms with van der Waals surface area (Å²) in [4.78, 5) is 19.7. The molecule has 1 aliphatic rings. The molecular formula is C26H37N3O. The fourth-order valence-corrected chi connectivity index (χ4v) is 4.47. The van der Waals surface area contributed by atoms with Crippen LogP contribution in [0.5, 0.6) is 0 Å². The molecule has 2 aromatic carbocycles. The summed E-state index contributed by atoms with van der Waals surface area (Å²) in [6, 6.07) is 19.5. The number of hydrogen-bond acceptors (Lipinski definition) is 3. The van der Waals surface area contributed by atoms with E-state index in [1.54, 1.807) is 0 Å². The molecule has 2 aromatic rings. The van der Waals surface area contributed by atoms with Gasteiger partial charge in [-0.25, -0.2) is 0 Å². The molecule has 162 valence electrons. The van der Waals surface area contributed by atoms with Crippen LogP contribution < -0.4 is 4.90 Å². The molecule has 3 rings (SSSR count). The first kappa shape index (κ1) is 22.4. The number of nitrogens with zero attached hydrogens (tertiary/aromatic N) is 3. The smallest absolute Gasteiger partial charge is 0.253 e. The Morgan fingerprint density at radius 3 is 2.13 bits per heavy atom. The number of carbonyl (C=O) groups excluding carboxylic acids is 1. The molecule has 0 aromatic heterocycles. The molecule has 0 unspecified atom stereocenters. The molecule has 0 N–H and O–H groups in total. The summed E-state index contributed by atoms with van der Waals surface area (Å²) >= 11 is 0. The van der Waals surface area contributed by atoms with E-state index < -0.39 is 0 Å². The van der Waals surface area contributed by atoms with E-state index in [-0.39, 0.29) is 5.91 Å². The van der Waals surface area contributed by atoms with Gasteiger partial charge in [0.15, 0.2) is 0 Å². The summed E-state index contributed by atoms with van der Waals surface area (Å²) in [5.41, 5.74) is 3.32. The van der Waals surface area contributed by atoms with E-state index >= 15 is 0 Å². The number of hydrogen-bond donors (Lipinski definition) is 0. The summed E-state index contributed by atoms with van der Waals surface area (Å²) in [6.07, 6.45) is 3.60. The lowest BCUT2D eigenvalue weighted by Gasteiger charge is -2.40. The van der Waals surface area contributed by atoms with Gasteiger partial charge in [0, 0.05) is 50.0 Å². The van der Waals surface area contributed by atoms with E-state index in [4.69, 9.17) is 0 Å². The molecule has 4 nitrogen and oxygen atoms in total. The van der Waals surface area contributed by atoms with Gasteiger partial charge in [-0.05, 0) is 69.5 Å². The Kier molecular flexibility index (Phi) is 8.32. The maximum Gasteiger partial charge on any atom is 0.253 e. The second-order valence-corrected chi connectivity index (χ2v) is 8.21. The molecule has 4 heteroatoms. The lowest BCUT2D eigenvalue weighted by atomic mass is 10.0. The summed E-state index contributed by atoms with van der Waals surface area (Å²) in [5.74, 6) is 0.119. The molecule has 30 heavy (non-hydrogen) atoms. The van der Waals surface area contributed by atoms with Crippen molar-refractivity contribution in [2.75, 3.05) is 37.6 Å². The number of rotatable bonds is 9. The van der Waals surface area contributed by atoms with Crippen LogP contribution in [0.15, 0.2) is 54.6 Å². The summed E-state index contributed by atoms with van der Waals surface area (Å²) < 4.78 is 0. The standard InChI is InChI=1S/C26H37N3O/c1-4-18-27-19-16-25(17-20-27)29(21-22-10-8-7-9-11-22)24-14-12-23(13-15-24)26(30)28(5-2)6-3/h7-15,25H,4-6,16-21H2,1-3H3. The number of benzene rings is 2. The van der Waals surface area contributed by atoms with E-state index in [0.717, 1.165) is 25.2 Å². The highest BCUT2D eigenvalue weighted by Crippen LogP contribution is 2.27. The molecular weight excluding hydrogens is 370 g/mol. The highest BCUT2D eigenvalue weighted by atomic mass is 16.2. The zero-order valence-electron chi connectivity index (χ0n) is 18.9. The second kappa shape index (κ2) is 11.2. The molecule has 1 amide bonds.